The van der Waals surface area contributed by atoms with Gasteiger partial charge in [0.15, 0.2) is 0 Å². The molecule has 4 nitrogen and oxygen atoms in total. The number of amides is 1. The molecule has 1 aliphatic rings. The Morgan fingerprint density at radius 2 is 2.18 bits per heavy atom. The molecule has 1 rings (SSSR count). The smallest absolute Gasteiger partial charge is 0.224 e. The van der Waals surface area contributed by atoms with E-state index in [0.717, 1.165) is 58.5 Å². The van der Waals surface area contributed by atoms with E-state index >= 15 is 0 Å². The van der Waals surface area contributed by atoms with E-state index in [0.29, 0.717) is 0 Å². The summed E-state index contributed by atoms with van der Waals surface area (Å²) in [6.45, 7) is 10.3. The molecule has 0 aromatic rings. The first-order valence-electron chi connectivity index (χ1n) is 6.98. The summed E-state index contributed by atoms with van der Waals surface area (Å²) in [5, 5.41) is 6.32. The molecule has 0 saturated carbocycles. The minimum atomic E-state index is 0.192. The van der Waals surface area contributed by atoms with Crippen LogP contribution in [0.25, 0.3) is 0 Å². The Hall–Kier alpha value is -0.610. The van der Waals surface area contributed by atoms with Gasteiger partial charge in [-0.15, -0.1) is 0 Å². The summed E-state index contributed by atoms with van der Waals surface area (Å²) in [5.74, 6) is 0.425. The number of carbonyl (C=O) groups is 1. The van der Waals surface area contributed by atoms with Gasteiger partial charge in [0.2, 0.25) is 5.91 Å². The minimum Gasteiger partial charge on any atom is -0.356 e. The minimum absolute atomic E-state index is 0.192. The fraction of sp³-hybridized carbons (Fsp3) is 0.923. The van der Waals surface area contributed by atoms with Crippen molar-refractivity contribution in [3.05, 3.63) is 0 Å². The Kier molecular flexibility index (Phi) is 7.21. The first-order valence-corrected chi connectivity index (χ1v) is 6.98. The van der Waals surface area contributed by atoms with Crippen molar-refractivity contribution < 1.29 is 4.79 Å². The van der Waals surface area contributed by atoms with Gasteiger partial charge in [-0.3, -0.25) is 4.79 Å². The molecule has 100 valence electrons. The van der Waals surface area contributed by atoms with Crippen LogP contribution < -0.4 is 10.6 Å². The predicted molar refractivity (Wildman–Crippen MR) is 71.0 cm³/mol. The third-order valence-electron chi connectivity index (χ3n) is 3.51. The summed E-state index contributed by atoms with van der Waals surface area (Å²) in [4.78, 5) is 14.2. The van der Waals surface area contributed by atoms with Crippen LogP contribution in [0, 0.1) is 5.92 Å². The summed E-state index contributed by atoms with van der Waals surface area (Å²) in [7, 11) is 0. The maximum Gasteiger partial charge on any atom is 0.224 e. The van der Waals surface area contributed by atoms with E-state index in [1.165, 1.54) is 0 Å². The van der Waals surface area contributed by atoms with E-state index in [-0.39, 0.29) is 11.8 Å². The van der Waals surface area contributed by atoms with Crippen LogP contribution in [0.5, 0.6) is 0 Å². The van der Waals surface area contributed by atoms with Crippen molar-refractivity contribution in [1.29, 1.82) is 0 Å². The van der Waals surface area contributed by atoms with Gasteiger partial charge in [-0.25, -0.2) is 0 Å². The van der Waals surface area contributed by atoms with Crippen molar-refractivity contribution in [2.75, 3.05) is 39.3 Å². The average Bonchev–Trinajstić information content (AvgIpc) is 2.40. The lowest BCUT2D eigenvalue weighted by Crippen LogP contribution is -2.41. The highest BCUT2D eigenvalue weighted by Crippen LogP contribution is 2.09. The number of piperidine rings is 1. The van der Waals surface area contributed by atoms with Gasteiger partial charge in [0.1, 0.15) is 0 Å². The maximum absolute atomic E-state index is 11.8. The molecule has 0 aliphatic carbocycles. The molecule has 2 N–H and O–H groups in total. The first-order chi connectivity index (χ1) is 8.27. The summed E-state index contributed by atoms with van der Waals surface area (Å²) in [6, 6.07) is 0. The molecule has 0 aromatic carbocycles. The van der Waals surface area contributed by atoms with Crippen LogP contribution in [0.4, 0.5) is 0 Å². The number of rotatable bonds is 7. The average molecular weight is 241 g/mol. The third kappa shape index (κ3) is 5.50. The molecule has 0 radical (unpaired) electrons. The number of hydrogen-bond acceptors (Lipinski definition) is 3. The van der Waals surface area contributed by atoms with E-state index in [2.05, 4.69) is 29.4 Å². The largest absolute Gasteiger partial charge is 0.356 e. The van der Waals surface area contributed by atoms with Crippen LogP contribution in [0.15, 0.2) is 0 Å². The Morgan fingerprint density at radius 3 is 2.76 bits per heavy atom. The maximum atomic E-state index is 11.8. The second kappa shape index (κ2) is 8.48. The molecular weight excluding hydrogens is 214 g/mol. The number of nitrogens with one attached hydrogen (secondary N) is 2. The highest BCUT2D eigenvalue weighted by molar-refractivity contribution is 5.78. The number of carbonyl (C=O) groups excluding carboxylic acids is 1. The Morgan fingerprint density at radius 1 is 1.41 bits per heavy atom. The topological polar surface area (TPSA) is 44.4 Å². The van der Waals surface area contributed by atoms with Crippen molar-refractivity contribution in [1.82, 2.24) is 15.5 Å². The Bertz CT molecular complexity index is 211. The van der Waals surface area contributed by atoms with Gasteiger partial charge >= 0.3 is 0 Å². The van der Waals surface area contributed by atoms with Crippen molar-refractivity contribution in [2.24, 2.45) is 5.92 Å². The van der Waals surface area contributed by atoms with E-state index in [9.17, 15) is 4.79 Å². The van der Waals surface area contributed by atoms with Crippen LogP contribution in [-0.2, 0) is 4.79 Å². The molecule has 1 amide bonds. The standard InChI is InChI=1S/C13H27N3O/c1-3-16(4-2)10-6-9-15-13(17)12-7-5-8-14-11-12/h12,14H,3-11H2,1-2H3,(H,15,17). The molecule has 17 heavy (non-hydrogen) atoms. The zero-order valence-corrected chi connectivity index (χ0v) is 11.3. The van der Waals surface area contributed by atoms with Crippen LogP contribution in [0.2, 0.25) is 0 Å². The van der Waals surface area contributed by atoms with E-state index in [1.807, 2.05) is 0 Å². The number of nitrogens with zero attached hydrogens (tertiary/aromatic N) is 1. The van der Waals surface area contributed by atoms with Crippen molar-refractivity contribution in [3.8, 4) is 0 Å². The summed E-state index contributed by atoms with van der Waals surface area (Å²) >= 11 is 0. The lowest BCUT2D eigenvalue weighted by atomic mass is 9.99. The molecular formula is C13H27N3O. The highest BCUT2D eigenvalue weighted by atomic mass is 16.1. The zero-order chi connectivity index (χ0) is 12.5. The van der Waals surface area contributed by atoms with Gasteiger partial charge < -0.3 is 15.5 Å². The van der Waals surface area contributed by atoms with E-state index < -0.39 is 0 Å². The molecule has 0 aromatic heterocycles. The van der Waals surface area contributed by atoms with Crippen molar-refractivity contribution in [3.63, 3.8) is 0 Å². The van der Waals surface area contributed by atoms with E-state index in [4.69, 9.17) is 0 Å². The van der Waals surface area contributed by atoms with Gasteiger partial charge in [0.25, 0.3) is 0 Å². The van der Waals surface area contributed by atoms with Crippen LogP contribution in [0.1, 0.15) is 33.1 Å². The Balaban J connectivity index is 2.07. The van der Waals surface area contributed by atoms with Crippen molar-refractivity contribution >= 4 is 5.91 Å². The van der Waals surface area contributed by atoms with Crippen LogP contribution in [-0.4, -0.2) is 50.1 Å². The molecule has 1 fully saturated rings. The van der Waals surface area contributed by atoms with Gasteiger partial charge in [-0.1, -0.05) is 13.8 Å². The predicted octanol–water partition coefficient (Wildman–Crippen LogP) is 0.834. The lowest BCUT2D eigenvalue weighted by Gasteiger charge is -2.22. The van der Waals surface area contributed by atoms with Gasteiger partial charge in [-0.05, 0) is 45.4 Å². The van der Waals surface area contributed by atoms with Gasteiger partial charge in [0, 0.05) is 13.1 Å². The van der Waals surface area contributed by atoms with Crippen LogP contribution in [0.3, 0.4) is 0 Å². The second-order valence-electron chi connectivity index (χ2n) is 4.71. The third-order valence-corrected chi connectivity index (χ3v) is 3.51. The summed E-state index contributed by atoms with van der Waals surface area (Å²) in [6.07, 6.45) is 3.21. The molecule has 1 aliphatic heterocycles. The second-order valence-corrected chi connectivity index (χ2v) is 4.71. The fourth-order valence-corrected chi connectivity index (χ4v) is 2.27. The zero-order valence-electron chi connectivity index (χ0n) is 11.3. The fourth-order valence-electron chi connectivity index (χ4n) is 2.27. The lowest BCUT2D eigenvalue weighted by molar-refractivity contribution is -0.125. The normalized spacial score (nSPS) is 20.5. The van der Waals surface area contributed by atoms with Crippen molar-refractivity contribution in [2.45, 2.75) is 33.1 Å². The van der Waals surface area contributed by atoms with E-state index in [1.54, 1.807) is 0 Å². The summed E-state index contributed by atoms with van der Waals surface area (Å²) in [5.41, 5.74) is 0. The van der Waals surface area contributed by atoms with Gasteiger partial charge in [-0.2, -0.15) is 0 Å². The molecule has 1 saturated heterocycles. The molecule has 0 spiro atoms. The molecule has 1 unspecified atom stereocenters. The first kappa shape index (κ1) is 14.5. The quantitative estimate of drug-likeness (QED) is 0.649. The highest BCUT2D eigenvalue weighted by Gasteiger charge is 2.19. The monoisotopic (exact) mass is 241 g/mol. The SMILES string of the molecule is CCN(CC)CCCNC(=O)C1CCCNC1. The van der Waals surface area contributed by atoms with Gasteiger partial charge in [0.05, 0.1) is 5.92 Å². The molecule has 4 heteroatoms. The molecule has 0 bridgehead atoms. The number of hydrogen-bond donors (Lipinski definition) is 2. The molecule has 1 atom stereocenters. The summed E-state index contributed by atoms with van der Waals surface area (Å²) < 4.78 is 0. The molecule has 1 heterocycles. The van der Waals surface area contributed by atoms with Crippen LogP contribution >= 0.6 is 0 Å². The Labute approximate surface area is 105 Å².